The zero-order chi connectivity index (χ0) is 17.6. The molecule has 1 heterocycles. The lowest BCUT2D eigenvalue weighted by Crippen LogP contribution is -2.17. The van der Waals surface area contributed by atoms with E-state index in [0.29, 0.717) is 22.8 Å². The fourth-order valence-electron chi connectivity index (χ4n) is 2.36. The van der Waals surface area contributed by atoms with Crippen LogP contribution in [0.3, 0.4) is 0 Å². The molecule has 0 saturated carbocycles. The second-order valence-electron chi connectivity index (χ2n) is 5.51. The maximum absolute atomic E-state index is 12.1. The summed E-state index contributed by atoms with van der Waals surface area (Å²) >= 11 is 0. The highest BCUT2D eigenvalue weighted by Crippen LogP contribution is 2.21. The summed E-state index contributed by atoms with van der Waals surface area (Å²) in [5, 5.41) is 3.99. The molecule has 0 aliphatic rings. The van der Waals surface area contributed by atoms with Crippen LogP contribution in [0.5, 0.6) is 11.5 Å². The van der Waals surface area contributed by atoms with Gasteiger partial charge in [0.2, 0.25) is 0 Å². The predicted octanol–water partition coefficient (Wildman–Crippen LogP) is 4.45. The predicted molar refractivity (Wildman–Crippen MR) is 96.2 cm³/mol. The number of furan rings is 1. The lowest BCUT2D eigenvalue weighted by Gasteiger charge is -2.05. The maximum Gasteiger partial charge on any atom is 0.274 e. The first-order valence-corrected chi connectivity index (χ1v) is 7.85. The average molecular weight is 334 g/mol. The van der Waals surface area contributed by atoms with Crippen LogP contribution in [0.25, 0.3) is 0 Å². The molecule has 3 aromatic rings. The van der Waals surface area contributed by atoms with Gasteiger partial charge in [-0.1, -0.05) is 30.3 Å². The molecule has 1 amide bonds. The zero-order valence-corrected chi connectivity index (χ0v) is 14.0. The lowest BCUT2D eigenvalue weighted by atomic mass is 10.2. The Bertz CT molecular complexity index is 898. The van der Waals surface area contributed by atoms with Crippen LogP contribution in [0.4, 0.5) is 0 Å². The van der Waals surface area contributed by atoms with Gasteiger partial charge in [0.05, 0.1) is 11.8 Å². The number of ether oxygens (including phenoxy) is 1. The van der Waals surface area contributed by atoms with Crippen molar-refractivity contribution in [3.05, 3.63) is 83.3 Å². The van der Waals surface area contributed by atoms with Gasteiger partial charge >= 0.3 is 0 Å². The molecule has 1 aromatic heterocycles. The van der Waals surface area contributed by atoms with Gasteiger partial charge in [0.1, 0.15) is 23.0 Å². The van der Waals surface area contributed by atoms with Gasteiger partial charge in [0.25, 0.3) is 5.91 Å². The van der Waals surface area contributed by atoms with Gasteiger partial charge in [-0.05, 0) is 49.7 Å². The first-order valence-electron chi connectivity index (χ1n) is 7.85. The number of rotatable bonds is 5. The smallest absolute Gasteiger partial charge is 0.274 e. The van der Waals surface area contributed by atoms with E-state index in [1.54, 1.807) is 26.1 Å². The molecule has 0 atom stereocenters. The summed E-state index contributed by atoms with van der Waals surface area (Å²) in [6.07, 6.45) is 1.57. The number of carbonyl (C=O) groups excluding carboxylic acids is 1. The molecule has 5 nitrogen and oxygen atoms in total. The van der Waals surface area contributed by atoms with Crippen molar-refractivity contribution in [1.29, 1.82) is 0 Å². The molecule has 1 N–H and O–H groups in total. The van der Waals surface area contributed by atoms with Crippen molar-refractivity contribution in [2.45, 2.75) is 13.8 Å². The van der Waals surface area contributed by atoms with Gasteiger partial charge in [0, 0.05) is 0 Å². The largest absolute Gasteiger partial charge is 0.466 e. The summed E-state index contributed by atoms with van der Waals surface area (Å²) in [6, 6.07) is 18.7. The van der Waals surface area contributed by atoms with Crippen LogP contribution in [0.1, 0.15) is 27.4 Å². The third-order valence-electron chi connectivity index (χ3n) is 3.50. The zero-order valence-electron chi connectivity index (χ0n) is 14.0. The van der Waals surface area contributed by atoms with E-state index < -0.39 is 0 Å². The summed E-state index contributed by atoms with van der Waals surface area (Å²) in [5.74, 6) is 2.42. The van der Waals surface area contributed by atoms with Gasteiger partial charge in [-0.2, -0.15) is 5.10 Å². The molecule has 5 heteroatoms. The second-order valence-corrected chi connectivity index (χ2v) is 5.51. The van der Waals surface area contributed by atoms with Crippen molar-refractivity contribution in [3.63, 3.8) is 0 Å². The van der Waals surface area contributed by atoms with E-state index in [1.807, 2.05) is 54.6 Å². The summed E-state index contributed by atoms with van der Waals surface area (Å²) in [6.45, 7) is 3.54. The number of para-hydroxylation sites is 1. The Kier molecular flexibility index (Phi) is 4.95. The minimum absolute atomic E-state index is 0.303. The van der Waals surface area contributed by atoms with Crippen molar-refractivity contribution < 1.29 is 13.9 Å². The van der Waals surface area contributed by atoms with Crippen molar-refractivity contribution in [2.75, 3.05) is 0 Å². The highest BCUT2D eigenvalue weighted by atomic mass is 16.5. The van der Waals surface area contributed by atoms with E-state index in [1.165, 1.54) is 0 Å². The summed E-state index contributed by atoms with van der Waals surface area (Å²) in [4.78, 5) is 12.1. The molecule has 0 aliphatic carbocycles. The van der Waals surface area contributed by atoms with Crippen LogP contribution >= 0.6 is 0 Å². The minimum atomic E-state index is -0.303. The minimum Gasteiger partial charge on any atom is -0.466 e. The first-order chi connectivity index (χ1) is 12.1. The van der Waals surface area contributed by atoms with E-state index in [9.17, 15) is 4.79 Å². The van der Waals surface area contributed by atoms with Gasteiger partial charge < -0.3 is 9.15 Å². The highest BCUT2D eigenvalue weighted by molar-refractivity contribution is 5.95. The van der Waals surface area contributed by atoms with Crippen LogP contribution in [0.2, 0.25) is 0 Å². The quantitative estimate of drug-likeness (QED) is 0.554. The summed E-state index contributed by atoms with van der Waals surface area (Å²) in [7, 11) is 0. The monoisotopic (exact) mass is 334 g/mol. The lowest BCUT2D eigenvalue weighted by molar-refractivity contribution is 0.0953. The van der Waals surface area contributed by atoms with Crippen molar-refractivity contribution in [2.24, 2.45) is 5.10 Å². The van der Waals surface area contributed by atoms with Crippen LogP contribution in [-0.4, -0.2) is 12.1 Å². The number of nitrogens with one attached hydrogen (secondary N) is 1. The SMILES string of the molecule is Cc1cc(C(=O)NN=Cc2cccc(Oc3ccccc3)c2)c(C)o1. The number of amides is 1. The Balaban J connectivity index is 1.64. The molecule has 0 spiro atoms. The molecular weight excluding hydrogens is 316 g/mol. The van der Waals surface area contributed by atoms with Crippen molar-refractivity contribution in [3.8, 4) is 11.5 Å². The molecule has 25 heavy (non-hydrogen) atoms. The molecule has 0 radical (unpaired) electrons. The van der Waals surface area contributed by atoms with E-state index in [0.717, 1.165) is 11.3 Å². The third kappa shape index (κ3) is 4.35. The van der Waals surface area contributed by atoms with Gasteiger partial charge in [-0.25, -0.2) is 5.43 Å². The fraction of sp³-hybridized carbons (Fsp3) is 0.100. The first kappa shape index (κ1) is 16.5. The maximum atomic E-state index is 12.1. The number of benzene rings is 2. The number of hydrogen-bond acceptors (Lipinski definition) is 4. The molecule has 0 unspecified atom stereocenters. The van der Waals surface area contributed by atoms with Crippen LogP contribution in [-0.2, 0) is 0 Å². The van der Waals surface area contributed by atoms with E-state index in [-0.39, 0.29) is 5.91 Å². The number of aryl methyl sites for hydroxylation is 2. The van der Waals surface area contributed by atoms with E-state index in [4.69, 9.17) is 9.15 Å². The summed E-state index contributed by atoms with van der Waals surface area (Å²) < 4.78 is 11.1. The van der Waals surface area contributed by atoms with Crippen LogP contribution < -0.4 is 10.2 Å². The number of nitrogens with zero attached hydrogens (tertiary/aromatic N) is 1. The second kappa shape index (κ2) is 7.49. The van der Waals surface area contributed by atoms with Crippen LogP contribution in [0, 0.1) is 13.8 Å². The van der Waals surface area contributed by atoms with Crippen LogP contribution in [0.15, 0.2) is 70.2 Å². The molecule has 0 fully saturated rings. The molecule has 126 valence electrons. The Morgan fingerprint density at radius 2 is 1.80 bits per heavy atom. The molecule has 0 aliphatic heterocycles. The number of hydrogen-bond donors (Lipinski definition) is 1. The van der Waals surface area contributed by atoms with Gasteiger partial charge in [-0.15, -0.1) is 0 Å². The Hall–Kier alpha value is -3.34. The van der Waals surface area contributed by atoms with Crippen molar-refractivity contribution >= 4 is 12.1 Å². The normalized spacial score (nSPS) is 10.8. The number of hydrazone groups is 1. The Labute approximate surface area is 145 Å². The van der Waals surface area contributed by atoms with E-state index in [2.05, 4.69) is 10.5 Å². The van der Waals surface area contributed by atoms with Gasteiger partial charge in [-0.3, -0.25) is 4.79 Å². The van der Waals surface area contributed by atoms with Crippen molar-refractivity contribution in [1.82, 2.24) is 5.43 Å². The Morgan fingerprint density at radius 3 is 2.52 bits per heavy atom. The molecular formula is C20H18N2O3. The topological polar surface area (TPSA) is 63.8 Å². The van der Waals surface area contributed by atoms with Gasteiger partial charge in [0.15, 0.2) is 0 Å². The molecule has 3 rings (SSSR count). The molecule has 2 aromatic carbocycles. The molecule has 0 bridgehead atoms. The average Bonchev–Trinajstić information content (AvgIpc) is 2.94. The van der Waals surface area contributed by atoms with E-state index >= 15 is 0 Å². The third-order valence-corrected chi connectivity index (χ3v) is 3.50. The summed E-state index contributed by atoms with van der Waals surface area (Å²) in [5.41, 5.74) is 3.80. The standard InChI is InChI=1S/C20H18N2O3/c1-14-11-19(15(2)24-14)20(23)22-21-13-16-7-6-10-18(12-16)25-17-8-4-3-5-9-17/h3-13H,1-2H3,(H,22,23). The number of carbonyl (C=O) groups is 1. The fourth-order valence-corrected chi connectivity index (χ4v) is 2.36. The highest BCUT2D eigenvalue weighted by Gasteiger charge is 2.12. The molecule has 0 saturated heterocycles. The Morgan fingerprint density at radius 1 is 1.04 bits per heavy atom.